The molecule has 10 nitrogen and oxygen atoms in total. The molecule has 148 valence electrons. The summed E-state index contributed by atoms with van der Waals surface area (Å²) in [4.78, 5) is 25.4. The molecule has 1 aromatic heterocycles. The van der Waals surface area contributed by atoms with Crippen LogP contribution in [0.4, 0.5) is 11.5 Å². The van der Waals surface area contributed by atoms with Crippen LogP contribution >= 0.6 is 22.6 Å². The Hall–Kier alpha value is -2.96. The first-order valence-electron chi connectivity index (χ1n) is 8.00. The van der Waals surface area contributed by atoms with Crippen molar-refractivity contribution in [3.8, 4) is 11.5 Å². The van der Waals surface area contributed by atoms with E-state index in [1.165, 1.54) is 25.5 Å². The van der Waals surface area contributed by atoms with Gasteiger partial charge in [-0.3, -0.25) is 15.5 Å². The van der Waals surface area contributed by atoms with Crippen molar-refractivity contribution in [3.63, 3.8) is 0 Å². The minimum absolute atomic E-state index is 0.104. The Morgan fingerprint density at radius 1 is 1.43 bits per heavy atom. The molecule has 1 N–H and O–H groups in total. The summed E-state index contributed by atoms with van der Waals surface area (Å²) in [7, 11) is 1.49. The number of benzene rings is 1. The van der Waals surface area contributed by atoms with Gasteiger partial charge in [0.15, 0.2) is 18.1 Å². The van der Waals surface area contributed by atoms with Crippen LogP contribution in [-0.4, -0.2) is 42.4 Å². The van der Waals surface area contributed by atoms with E-state index in [9.17, 15) is 14.9 Å². The summed E-state index contributed by atoms with van der Waals surface area (Å²) in [5.41, 5.74) is 3.29. The summed E-state index contributed by atoms with van der Waals surface area (Å²) in [6, 6.07) is 6.26. The Morgan fingerprint density at radius 3 is 2.82 bits per heavy atom. The SMILES string of the molecule is CCOC(=O)COc1c(I)cc(/C=N/Nc2ccc([N+](=O)[O-])cn2)cc1OC. The lowest BCUT2D eigenvalue weighted by Gasteiger charge is -2.13. The van der Waals surface area contributed by atoms with Crippen molar-refractivity contribution in [2.45, 2.75) is 6.92 Å². The van der Waals surface area contributed by atoms with Crippen LogP contribution in [0.1, 0.15) is 12.5 Å². The van der Waals surface area contributed by atoms with Gasteiger partial charge in [-0.05, 0) is 53.3 Å². The third-order valence-electron chi connectivity index (χ3n) is 3.24. The molecule has 0 unspecified atom stereocenters. The van der Waals surface area contributed by atoms with Crippen LogP contribution in [0.15, 0.2) is 35.6 Å². The van der Waals surface area contributed by atoms with Gasteiger partial charge in [-0.2, -0.15) is 5.10 Å². The van der Waals surface area contributed by atoms with Gasteiger partial charge in [0.1, 0.15) is 12.0 Å². The van der Waals surface area contributed by atoms with E-state index in [4.69, 9.17) is 14.2 Å². The zero-order valence-electron chi connectivity index (χ0n) is 15.0. The number of halogens is 1. The number of aromatic nitrogens is 1. The van der Waals surface area contributed by atoms with Crippen LogP contribution in [0.5, 0.6) is 11.5 Å². The number of esters is 1. The van der Waals surface area contributed by atoms with Gasteiger partial charge < -0.3 is 14.2 Å². The molecule has 1 aromatic carbocycles. The standard InChI is InChI=1S/C17H17IN4O6/c1-3-27-16(23)10-28-17-13(18)6-11(7-14(17)26-2)8-20-21-15-5-4-12(9-19-15)22(24)25/h4-9H,3,10H2,1-2H3,(H,19,21)/b20-8+. The summed E-state index contributed by atoms with van der Waals surface area (Å²) in [5, 5.41) is 14.7. The van der Waals surface area contributed by atoms with Crippen molar-refractivity contribution in [1.29, 1.82) is 0 Å². The van der Waals surface area contributed by atoms with Gasteiger partial charge in [-0.25, -0.2) is 9.78 Å². The monoisotopic (exact) mass is 500 g/mol. The first-order chi connectivity index (χ1) is 13.4. The molecule has 2 aromatic rings. The second kappa shape index (κ2) is 10.4. The Balaban J connectivity index is 2.07. The Morgan fingerprint density at radius 2 is 2.21 bits per heavy atom. The number of hydrogen-bond acceptors (Lipinski definition) is 9. The number of hydrazone groups is 1. The topological polar surface area (TPSA) is 125 Å². The highest BCUT2D eigenvalue weighted by molar-refractivity contribution is 14.1. The first kappa shape index (κ1) is 21.3. The largest absolute Gasteiger partial charge is 0.493 e. The van der Waals surface area contributed by atoms with Crippen LogP contribution in [0, 0.1) is 13.7 Å². The number of carbonyl (C=O) groups is 1. The highest BCUT2D eigenvalue weighted by Gasteiger charge is 2.13. The van der Waals surface area contributed by atoms with Crippen LogP contribution in [0.3, 0.4) is 0 Å². The van der Waals surface area contributed by atoms with Crippen LogP contribution in [0.2, 0.25) is 0 Å². The predicted molar refractivity (Wildman–Crippen MR) is 110 cm³/mol. The predicted octanol–water partition coefficient (Wildman–Crippen LogP) is 2.99. The van der Waals surface area contributed by atoms with Crippen molar-refractivity contribution in [2.24, 2.45) is 5.10 Å². The summed E-state index contributed by atoms with van der Waals surface area (Å²) in [6.45, 7) is 1.78. The molecule has 0 fully saturated rings. The van der Waals surface area contributed by atoms with Gasteiger partial charge in [0.25, 0.3) is 5.69 Å². The molecule has 0 saturated carbocycles. The molecule has 28 heavy (non-hydrogen) atoms. The maximum atomic E-state index is 11.5. The number of rotatable bonds is 9. The molecule has 0 atom stereocenters. The third-order valence-corrected chi connectivity index (χ3v) is 4.04. The highest BCUT2D eigenvalue weighted by atomic mass is 127. The fraction of sp³-hybridized carbons (Fsp3) is 0.235. The average molecular weight is 500 g/mol. The van der Waals surface area contributed by atoms with E-state index in [0.717, 1.165) is 9.77 Å². The lowest BCUT2D eigenvalue weighted by molar-refractivity contribution is -0.385. The molecule has 0 saturated heterocycles. The maximum absolute atomic E-state index is 11.5. The van der Waals surface area contributed by atoms with E-state index >= 15 is 0 Å². The Kier molecular flexibility index (Phi) is 7.92. The molecule has 0 aliphatic heterocycles. The molecule has 0 aliphatic rings. The van der Waals surface area contributed by atoms with Gasteiger partial charge in [0.05, 0.1) is 28.4 Å². The lowest BCUT2D eigenvalue weighted by Crippen LogP contribution is -2.15. The zero-order valence-corrected chi connectivity index (χ0v) is 17.2. The fourth-order valence-corrected chi connectivity index (χ4v) is 2.80. The second-order valence-electron chi connectivity index (χ2n) is 5.16. The van der Waals surface area contributed by atoms with Crippen molar-refractivity contribution < 1.29 is 23.9 Å². The van der Waals surface area contributed by atoms with Gasteiger partial charge in [-0.1, -0.05) is 0 Å². The summed E-state index contributed by atoms with van der Waals surface area (Å²) >= 11 is 2.06. The number of nitrogens with zero attached hydrogens (tertiary/aromatic N) is 3. The number of hydrogen-bond donors (Lipinski definition) is 1. The van der Waals surface area contributed by atoms with Gasteiger partial charge >= 0.3 is 5.97 Å². The summed E-state index contributed by atoms with van der Waals surface area (Å²) < 4.78 is 16.4. The zero-order chi connectivity index (χ0) is 20.5. The molecule has 11 heteroatoms. The number of nitro groups is 1. The van der Waals surface area contributed by atoms with E-state index in [1.807, 2.05) is 0 Å². The van der Waals surface area contributed by atoms with Crippen molar-refractivity contribution >= 4 is 46.3 Å². The molecule has 0 bridgehead atoms. The average Bonchev–Trinajstić information content (AvgIpc) is 2.67. The molecule has 2 rings (SSSR count). The highest BCUT2D eigenvalue weighted by Crippen LogP contribution is 2.33. The molecule has 0 spiro atoms. The first-order valence-corrected chi connectivity index (χ1v) is 9.08. The van der Waals surface area contributed by atoms with Crippen LogP contribution in [-0.2, 0) is 9.53 Å². The number of pyridine rings is 1. The molecule has 0 aliphatic carbocycles. The number of methoxy groups -OCH3 is 1. The number of anilines is 1. The fourth-order valence-electron chi connectivity index (χ4n) is 2.02. The molecule has 1 heterocycles. The molecule has 0 amide bonds. The van der Waals surface area contributed by atoms with E-state index < -0.39 is 10.9 Å². The smallest absolute Gasteiger partial charge is 0.344 e. The number of nitrogens with one attached hydrogen (secondary N) is 1. The van der Waals surface area contributed by atoms with E-state index in [-0.39, 0.29) is 18.9 Å². The molecular weight excluding hydrogens is 483 g/mol. The Bertz CT molecular complexity index is 873. The quantitative estimate of drug-likeness (QED) is 0.183. The number of ether oxygens (including phenoxy) is 3. The number of carbonyl (C=O) groups excluding carboxylic acids is 1. The van der Waals surface area contributed by atoms with Crippen molar-refractivity contribution in [2.75, 3.05) is 25.7 Å². The third kappa shape index (κ3) is 6.04. The maximum Gasteiger partial charge on any atom is 0.344 e. The minimum Gasteiger partial charge on any atom is -0.493 e. The minimum atomic E-state index is -0.528. The van der Waals surface area contributed by atoms with Gasteiger partial charge in [0, 0.05) is 6.07 Å². The van der Waals surface area contributed by atoms with Gasteiger partial charge in [0.2, 0.25) is 0 Å². The lowest BCUT2D eigenvalue weighted by atomic mass is 10.2. The normalized spacial score (nSPS) is 10.5. The van der Waals surface area contributed by atoms with E-state index in [2.05, 4.69) is 38.1 Å². The Labute approximate surface area is 174 Å². The van der Waals surface area contributed by atoms with E-state index in [1.54, 1.807) is 19.1 Å². The van der Waals surface area contributed by atoms with Crippen LogP contribution in [0.25, 0.3) is 0 Å². The second-order valence-corrected chi connectivity index (χ2v) is 6.32. The molecule has 0 radical (unpaired) electrons. The molecular formula is C17H17IN4O6. The van der Waals surface area contributed by atoms with E-state index in [0.29, 0.717) is 22.9 Å². The van der Waals surface area contributed by atoms with Crippen molar-refractivity contribution in [1.82, 2.24) is 4.98 Å². The van der Waals surface area contributed by atoms with Crippen LogP contribution < -0.4 is 14.9 Å². The summed E-state index contributed by atoms with van der Waals surface area (Å²) in [6.07, 6.45) is 2.67. The summed E-state index contributed by atoms with van der Waals surface area (Å²) in [5.74, 6) is 0.757. The van der Waals surface area contributed by atoms with Crippen molar-refractivity contribution in [3.05, 3.63) is 49.7 Å². The van der Waals surface area contributed by atoms with Gasteiger partial charge in [-0.15, -0.1) is 0 Å².